The maximum Gasteiger partial charge on any atom is 0.220 e. The molecule has 1 aliphatic heterocycles. The first-order valence-electron chi connectivity index (χ1n) is 9.01. The molecule has 2 aromatic rings. The second-order valence-electron chi connectivity index (χ2n) is 6.62. The summed E-state index contributed by atoms with van der Waals surface area (Å²) >= 11 is 0. The van der Waals surface area contributed by atoms with Gasteiger partial charge in [0.15, 0.2) is 0 Å². The molecular weight excluding hydrogens is 315 g/mol. The summed E-state index contributed by atoms with van der Waals surface area (Å²) in [6, 6.07) is 14.9. The van der Waals surface area contributed by atoms with Crippen molar-refractivity contribution in [3.63, 3.8) is 0 Å². The van der Waals surface area contributed by atoms with Gasteiger partial charge in [0.05, 0.1) is 0 Å². The normalized spacial score (nSPS) is 14.6. The van der Waals surface area contributed by atoms with E-state index in [1.807, 2.05) is 6.07 Å². The lowest BCUT2D eigenvalue weighted by Crippen LogP contribution is -2.25. The first-order chi connectivity index (χ1) is 12.2. The van der Waals surface area contributed by atoms with Crippen LogP contribution in [0.2, 0.25) is 0 Å². The third-order valence-electron chi connectivity index (χ3n) is 4.77. The van der Waals surface area contributed by atoms with E-state index in [9.17, 15) is 9.18 Å². The van der Waals surface area contributed by atoms with E-state index in [-0.39, 0.29) is 11.7 Å². The molecule has 1 fully saturated rings. The number of halogens is 1. The van der Waals surface area contributed by atoms with E-state index in [2.05, 4.69) is 28.4 Å². The van der Waals surface area contributed by atoms with Gasteiger partial charge in [-0.3, -0.25) is 9.69 Å². The maximum absolute atomic E-state index is 13.6. The van der Waals surface area contributed by atoms with Crippen LogP contribution >= 0.6 is 0 Å². The number of rotatable bonds is 7. The second kappa shape index (κ2) is 8.77. The smallest absolute Gasteiger partial charge is 0.220 e. The summed E-state index contributed by atoms with van der Waals surface area (Å²) in [5.74, 6) is -0.287. The molecule has 4 heteroatoms. The van der Waals surface area contributed by atoms with E-state index in [1.54, 1.807) is 18.2 Å². The topological polar surface area (TPSA) is 32.3 Å². The lowest BCUT2D eigenvalue weighted by atomic mass is 10.1. The van der Waals surface area contributed by atoms with E-state index in [0.29, 0.717) is 24.9 Å². The molecule has 25 heavy (non-hydrogen) atoms. The maximum atomic E-state index is 13.6. The van der Waals surface area contributed by atoms with Crippen molar-refractivity contribution in [1.29, 1.82) is 0 Å². The van der Waals surface area contributed by atoms with Crippen LogP contribution in [0.15, 0.2) is 48.5 Å². The van der Waals surface area contributed by atoms with Crippen molar-refractivity contribution in [2.24, 2.45) is 0 Å². The Morgan fingerprint density at radius 3 is 2.32 bits per heavy atom. The summed E-state index contributed by atoms with van der Waals surface area (Å²) in [4.78, 5) is 14.6. The number of carbonyl (C=O) groups is 1. The van der Waals surface area contributed by atoms with Crippen LogP contribution in [0.25, 0.3) is 0 Å². The third kappa shape index (κ3) is 5.13. The largest absolute Gasteiger partial charge is 0.352 e. The van der Waals surface area contributed by atoms with E-state index >= 15 is 0 Å². The van der Waals surface area contributed by atoms with E-state index < -0.39 is 0 Å². The van der Waals surface area contributed by atoms with Crippen molar-refractivity contribution in [1.82, 2.24) is 10.2 Å². The zero-order valence-electron chi connectivity index (χ0n) is 14.5. The average Bonchev–Trinajstić information content (AvgIpc) is 3.13. The zero-order chi connectivity index (χ0) is 17.5. The van der Waals surface area contributed by atoms with Gasteiger partial charge in [-0.05, 0) is 55.1 Å². The van der Waals surface area contributed by atoms with Gasteiger partial charge in [-0.15, -0.1) is 0 Å². The Kier molecular flexibility index (Phi) is 6.18. The minimum absolute atomic E-state index is 0.0424. The molecule has 0 spiro atoms. The molecule has 3 rings (SSSR count). The summed E-state index contributed by atoms with van der Waals surface area (Å²) in [7, 11) is 0. The van der Waals surface area contributed by atoms with Crippen LogP contribution in [0, 0.1) is 5.82 Å². The van der Waals surface area contributed by atoms with E-state index in [4.69, 9.17) is 0 Å². The van der Waals surface area contributed by atoms with Crippen LogP contribution < -0.4 is 5.32 Å². The predicted molar refractivity (Wildman–Crippen MR) is 97.5 cm³/mol. The van der Waals surface area contributed by atoms with Crippen LogP contribution in [0.1, 0.15) is 36.0 Å². The molecule has 2 aromatic carbocycles. The van der Waals surface area contributed by atoms with Crippen LogP contribution in [0.5, 0.6) is 0 Å². The van der Waals surface area contributed by atoms with Crippen LogP contribution in [-0.2, 0) is 24.3 Å². The Morgan fingerprint density at radius 1 is 0.960 bits per heavy atom. The van der Waals surface area contributed by atoms with Gasteiger partial charge in [-0.2, -0.15) is 0 Å². The van der Waals surface area contributed by atoms with Crippen molar-refractivity contribution in [3.05, 3.63) is 71.0 Å². The van der Waals surface area contributed by atoms with Crippen LogP contribution in [0.4, 0.5) is 4.39 Å². The fraction of sp³-hybridized carbons (Fsp3) is 0.381. The van der Waals surface area contributed by atoms with Crippen molar-refractivity contribution >= 4 is 5.91 Å². The predicted octanol–water partition coefficient (Wildman–Crippen LogP) is 3.67. The number of nitrogens with one attached hydrogen (secondary N) is 1. The molecule has 0 aromatic heterocycles. The summed E-state index contributed by atoms with van der Waals surface area (Å²) < 4.78 is 13.6. The number of likely N-dealkylation sites (tertiary alicyclic amines) is 1. The van der Waals surface area contributed by atoms with Gasteiger partial charge in [0, 0.05) is 19.5 Å². The minimum atomic E-state index is -0.244. The van der Waals surface area contributed by atoms with Crippen molar-refractivity contribution in [2.75, 3.05) is 13.1 Å². The first kappa shape index (κ1) is 17.6. The Bertz CT molecular complexity index is 711. The Morgan fingerprint density at radius 2 is 1.60 bits per heavy atom. The number of benzene rings is 2. The van der Waals surface area contributed by atoms with Crippen molar-refractivity contribution in [3.8, 4) is 0 Å². The van der Waals surface area contributed by atoms with Crippen LogP contribution in [0.3, 0.4) is 0 Å². The molecule has 0 saturated carbocycles. The summed E-state index contributed by atoms with van der Waals surface area (Å²) in [6.45, 7) is 3.79. The number of nitrogens with zero attached hydrogens (tertiary/aromatic N) is 1. The van der Waals surface area contributed by atoms with Gasteiger partial charge in [-0.1, -0.05) is 42.5 Å². The fourth-order valence-corrected chi connectivity index (χ4v) is 3.30. The number of amides is 1. The molecule has 132 valence electrons. The highest BCUT2D eigenvalue weighted by atomic mass is 19.1. The van der Waals surface area contributed by atoms with Gasteiger partial charge in [0.25, 0.3) is 0 Å². The van der Waals surface area contributed by atoms with Gasteiger partial charge < -0.3 is 5.32 Å². The van der Waals surface area contributed by atoms with Crippen molar-refractivity contribution < 1.29 is 9.18 Å². The zero-order valence-corrected chi connectivity index (χ0v) is 14.5. The molecule has 0 bridgehead atoms. The van der Waals surface area contributed by atoms with Gasteiger partial charge in [-0.25, -0.2) is 4.39 Å². The summed E-state index contributed by atoms with van der Waals surface area (Å²) in [6.07, 6.45) is 3.27. The van der Waals surface area contributed by atoms with E-state index in [1.165, 1.54) is 24.5 Å². The minimum Gasteiger partial charge on any atom is -0.352 e. The second-order valence-corrected chi connectivity index (χ2v) is 6.62. The molecule has 3 nitrogen and oxygen atoms in total. The number of carbonyl (C=O) groups excluding carboxylic acids is 1. The highest BCUT2D eigenvalue weighted by Crippen LogP contribution is 2.16. The molecule has 1 aliphatic rings. The number of hydrogen-bond donors (Lipinski definition) is 1. The van der Waals surface area contributed by atoms with Gasteiger partial charge in [0.1, 0.15) is 5.82 Å². The molecule has 0 aliphatic carbocycles. The Labute approximate surface area is 148 Å². The average molecular weight is 340 g/mol. The van der Waals surface area contributed by atoms with Crippen LogP contribution in [-0.4, -0.2) is 23.9 Å². The molecule has 1 heterocycles. The highest BCUT2D eigenvalue weighted by molar-refractivity contribution is 5.76. The fourth-order valence-electron chi connectivity index (χ4n) is 3.30. The summed E-state index contributed by atoms with van der Waals surface area (Å²) in [5, 5.41) is 2.97. The van der Waals surface area contributed by atoms with Crippen molar-refractivity contribution in [2.45, 2.75) is 38.8 Å². The first-order valence-corrected chi connectivity index (χ1v) is 9.01. The Balaban J connectivity index is 1.51. The lowest BCUT2D eigenvalue weighted by molar-refractivity contribution is -0.121. The SMILES string of the molecule is O=C(CCc1ccccc1F)NCc1ccccc1CN1CCCC1. The summed E-state index contributed by atoms with van der Waals surface area (Å²) in [5.41, 5.74) is 3.03. The Hall–Kier alpha value is -2.20. The van der Waals surface area contributed by atoms with Gasteiger partial charge >= 0.3 is 0 Å². The lowest BCUT2D eigenvalue weighted by Gasteiger charge is -2.17. The number of aryl methyl sites for hydroxylation is 1. The van der Waals surface area contributed by atoms with E-state index in [0.717, 1.165) is 25.2 Å². The molecule has 1 N–H and O–H groups in total. The monoisotopic (exact) mass is 340 g/mol. The standard InChI is InChI=1S/C21H25FN2O/c22-20-10-4-3-7-17(20)11-12-21(25)23-15-18-8-1-2-9-19(18)16-24-13-5-6-14-24/h1-4,7-10H,5-6,11-16H2,(H,23,25). The highest BCUT2D eigenvalue weighted by Gasteiger charge is 2.14. The third-order valence-corrected chi connectivity index (χ3v) is 4.77. The van der Waals surface area contributed by atoms with Gasteiger partial charge in [0.2, 0.25) is 5.91 Å². The molecule has 1 saturated heterocycles. The molecule has 0 radical (unpaired) electrons. The number of hydrogen-bond acceptors (Lipinski definition) is 2. The quantitative estimate of drug-likeness (QED) is 0.834. The molecular formula is C21H25FN2O. The molecule has 1 amide bonds. The molecule has 0 unspecified atom stereocenters. The molecule has 0 atom stereocenters.